The van der Waals surface area contributed by atoms with E-state index in [0.717, 1.165) is 23.3 Å². The first-order valence-corrected chi connectivity index (χ1v) is 12.7. The maximum atomic E-state index is 13.5. The van der Waals surface area contributed by atoms with Crippen molar-refractivity contribution in [1.82, 2.24) is 16.0 Å². The average Bonchev–Trinajstić information content (AvgIpc) is 3.04. The summed E-state index contributed by atoms with van der Waals surface area (Å²) in [6.07, 6.45) is -1.33. The molecule has 3 amide bonds. The molecule has 1 saturated heterocycles. The molecule has 7 nitrogen and oxygen atoms in total. The zero-order valence-corrected chi connectivity index (χ0v) is 21.7. The van der Waals surface area contributed by atoms with Gasteiger partial charge in [-0.15, -0.1) is 0 Å². The van der Waals surface area contributed by atoms with Gasteiger partial charge in [0.2, 0.25) is 11.8 Å². The third-order valence-electron chi connectivity index (χ3n) is 7.25. The summed E-state index contributed by atoms with van der Waals surface area (Å²) in [7, 11) is 0. The van der Waals surface area contributed by atoms with Crippen molar-refractivity contribution in [3.8, 4) is 0 Å². The van der Waals surface area contributed by atoms with Crippen molar-refractivity contribution in [3.05, 3.63) is 107 Å². The van der Waals surface area contributed by atoms with Gasteiger partial charge in [0.15, 0.2) is 6.10 Å². The SMILES string of the molecule is C[C@H](NC(=O)[C@H](O)c1cc(F)cc(F)c1)C(=O)N[C@]1(C)C(=O)NC[C@@H](c2ccccc2)C[C@@H]1c1ccccc1. The van der Waals surface area contributed by atoms with Gasteiger partial charge in [0.1, 0.15) is 23.2 Å². The Balaban J connectivity index is 1.55. The predicted octanol–water partition coefficient (Wildman–Crippen LogP) is 3.47. The molecule has 3 aromatic rings. The lowest BCUT2D eigenvalue weighted by molar-refractivity contribution is -0.137. The molecule has 0 spiro atoms. The van der Waals surface area contributed by atoms with E-state index >= 15 is 0 Å². The van der Waals surface area contributed by atoms with Gasteiger partial charge in [-0.2, -0.15) is 0 Å². The van der Waals surface area contributed by atoms with E-state index in [2.05, 4.69) is 16.0 Å². The molecule has 5 atom stereocenters. The number of benzene rings is 3. The number of nitrogens with one attached hydrogen (secondary N) is 3. The Labute approximate surface area is 225 Å². The molecule has 0 saturated carbocycles. The largest absolute Gasteiger partial charge is 0.378 e. The lowest BCUT2D eigenvalue weighted by Gasteiger charge is -2.37. The van der Waals surface area contributed by atoms with E-state index in [1.54, 1.807) is 6.92 Å². The zero-order valence-electron chi connectivity index (χ0n) is 21.7. The first-order valence-electron chi connectivity index (χ1n) is 12.7. The third kappa shape index (κ3) is 6.31. The van der Waals surface area contributed by atoms with E-state index in [4.69, 9.17) is 0 Å². The Kier molecular flexibility index (Phi) is 8.40. The van der Waals surface area contributed by atoms with Crippen molar-refractivity contribution < 1.29 is 28.3 Å². The summed E-state index contributed by atoms with van der Waals surface area (Å²) in [5.74, 6) is -4.33. The van der Waals surface area contributed by atoms with Crippen LogP contribution in [0.25, 0.3) is 0 Å². The second-order valence-electron chi connectivity index (χ2n) is 10.0. The Morgan fingerprint density at radius 2 is 1.51 bits per heavy atom. The molecule has 204 valence electrons. The number of aliphatic hydroxyl groups excluding tert-OH is 1. The highest BCUT2D eigenvalue weighted by molar-refractivity contribution is 5.95. The molecule has 3 aromatic carbocycles. The van der Waals surface area contributed by atoms with Crippen molar-refractivity contribution in [2.45, 2.75) is 49.8 Å². The minimum atomic E-state index is -1.90. The number of hydrogen-bond donors (Lipinski definition) is 4. The monoisotopic (exact) mass is 535 g/mol. The quantitative estimate of drug-likeness (QED) is 0.372. The molecule has 0 aliphatic carbocycles. The van der Waals surface area contributed by atoms with Gasteiger partial charge in [-0.3, -0.25) is 14.4 Å². The predicted molar refractivity (Wildman–Crippen MR) is 141 cm³/mol. The Hall–Kier alpha value is -4.11. The first kappa shape index (κ1) is 27.9. The van der Waals surface area contributed by atoms with Crippen molar-refractivity contribution in [2.24, 2.45) is 0 Å². The number of carbonyl (C=O) groups excluding carboxylic acids is 3. The summed E-state index contributed by atoms with van der Waals surface area (Å²) in [5, 5.41) is 18.5. The minimum Gasteiger partial charge on any atom is -0.378 e. The number of amides is 3. The molecule has 4 N–H and O–H groups in total. The lowest BCUT2D eigenvalue weighted by atomic mass is 9.74. The fourth-order valence-corrected chi connectivity index (χ4v) is 5.05. The zero-order chi connectivity index (χ0) is 28.2. The maximum Gasteiger partial charge on any atom is 0.254 e. The molecule has 0 aromatic heterocycles. The number of rotatable bonds is 7. The molecular weight excluding hydrogens is 504 g/mol. The highest BCUT2D eigenvalue weighted by Gasteiger charge is 2.47. The number of aliphatic hydroxyl groups is 1. The van der Waals surface area contributed by atoms with Gasteiger partial charge in [0, 0.05) is 24.4 Å². The molecule has 9 heteroatoms. The van der Waals surface area contributed by atoms with Gasteiger partial charge in [0.05, 0.1) is 0 Å². The maximum absolute atomic E-state index is 13.5. The van der Waals surface area contributed by atoms with Crippen molar-refractivity contribution in [3.63, 3.8) is 0 Å². The molecule has 39 heavy (non-hydrogen) atoms. The average molecular weight is 536 g/mol. The lowest BCUT2D eigenvalue weighted by Crippen LogP contribution is -2.62. The number of carbonyl (C=O) groups is 3. The van der Waals surface area contributed by atoms with Crippen LogP contribution in [0.2, 0.25) is 0 Å². The minimum absolute atomic E-state index is 0.00183. The number of halogens is 2. The standard InChI is InChI=1S/C30H31F2N3O4/c1-18(34-28(38)26(36)21-13-23(31)16-24(32)14-21)27(37)35-30(2)25(20-11-7-4-8-12-20)15-22(17-33-29(30)39)19-9-5-3-6-10-19/h3-14,16,18,22,25-26,36H,15,17H2,1-2H3,(H,33,39)(H,34,38)(H,35,37)/t18-,22-,25+,26+,30-/m0/s1. The normalized spacial score (nSPS) is 22.6. The molecular formula is C30H31F2N3O4. The highest BCUT2D eigenvalue weighted by atomic mass is 19.1. The molecule has 1 fully saturated rings. The fourth-order valence-electron chi connectivity index (χ4n) is 5.05. The Bertz CT molecular complexity index is 1320. The summed E-state index contributed by atoms with van der Waals surface area (Å²) in [6, 6.07) is 20.4. The molecule has 0 radical (unpaired) electrons. The summed E-state index contributed by atoms with van der Waals surface area (Å²) in [5.41, 5.74) is 0.283. The molecule has 1 aliphatic rings. The van der Waals surface area contributed by atoms with Crippen LogP contribution < -0.4 is 16.0 Å². The van der Waals surface area contributed by atoms with Crippen molar-refractivity contribution in [2.75, 3.05) is 6.54 Å². The van der Waals surface area contributed by atoms with Gasteiger partial charge >= 0.3 is 0 Å². The first-order chi connectivity index (χ1) is 18.6. The van der Waals surface area contributed by atoms with E-state index < -0.39 is 47.1 Å². The highest BCUT2D eigenvalue weighted by Crippen LogP contribution is 2.39. The van der Waals surface area contributed by atoms with E-state index in [9.17, 15) is 28.3 Å². The molecule has 0 bridgehead atoms. The fraction of sp³-hybridized carbons (Fsp3) is 0.300. The smallest absolute Gasteiger partial charge is 0.254 e. The summed E-state index contributed by atoms with van der Waals surface area (Å²) in [6.45, 7) is 3.44. The van der Waals surface area contributed by atoms with Gasteiger partial charge in [-0.25, -0.2) is 8.78 Å². The van der Waals surface area contributed by atoms with Crippen LogP contribution in [0, 0.1) is 11.6 Å². The van der Waals surface area contributed by atoms with Gasteiger partial charge in [-0.05, 0) is 49.1 Å². The van der Waals surface area contributed by atoms with Crippen LogP contribution in [-0.4, -0.2) is 41.0 Å². The van der Waals surface area contributed by atoms with Gasteiger partial charge in [-0.1, -0.05) is 60.7 Å². The third-order valence-corrected chi connectivity index (χ3v) is 7.25. The van der Waals surface area contributed by atoms with Crippen LogP contribution in [0.15, 0.2) is 78.9 Å². The van der Waals surface area contributed by atoms with Crippen molar-refractivity contribution in [1.29, 1.82) is 0 Å². The summed E-state index contributed by atoms with van der Waals surface area (Å²) < 4.78 is 27.1. The van der Waals surface area contributed by atoms with E-state index in [-0.39, 0.29) is 17.4 Å². The Morgan fingerprint density at radius 3 is 2.10 bits per heavy atom. The van der Waals surface area contributed by atoms with Crippen LogP contribution in [0.1, 0.15) is 54.9 Å². The van der Waals surface area contributed by atoms with Crippen LogP contribution in [0.4, 0.5) is 8.78 Å². The molecule has 0 unspecified atom stereocenters. The summed E-state index contributed by atoms with van der Waals surface area (Å²) in [4.78, 5) is 39.4. The van der Waals surface area contributed by atoms with E-state index in [1.165, 1.54) is 6.92 Å². The second-order valence-corrected chi connectivity index (χ2v) is 10.0. The van der Waals surface area contributed by atoms with Crippen LogP contribution >= 0.6 is 0 Å². The van der Waals surface area contributed by atoms with Crippen LogP contribution in [-0.2, 0) is 14.4 Å². The second kappa shape index (κ2) is 11.7. The number of hydrogen-bond acceptors (Lipinski definition) is 4. The van der Waals surface area contributed by atoms with E-state index in [1.807, 2.05) is 60.7 Å². The van der Waals surface area contributed by atoms with Gasteiger partial charge in [0.25, 0.3) is 5.91 Å². The Morgan fingerprint density at radius 1 is 0.949 bits per heavy atom. The van der Waals surface area contributed by atoms with Crippen molar-refractivity contribution >= 4 is 17.7 Å². The van der Waals surface area contributed by atoms with Gasteiger partial charge < -0.3 is 21.1 Å². The molecule has 1 aliphatic heterocycles. The molecule has 4 rings (SSSR count). The van der Waals surface area contributed by atoms with E-state index in [0.29, 0.717) is 19.0 Å². The molecule has 1 heterocycles. The van der Waals surface area contributed by atoms with Crippen LogP contribution in [0.5, 0.6) is 0 Å². The summed E-state index contributed by atoms with van der Waals surface area (Å²) >= 11 is 0. The topological polar surface area (TPSA) is 108 Å². The van der Waals surface area contributed by atoms with Crippen LogP contribution in [0.3, 0.4) is 0 Å².